The van der Waals surface area contributed by atoms with Gasteiger partial charge in [-0.05, 0) is 10.4 Å². The Morgan fingerprint density at radius 1 is 1.20 bits per heavy atom. The normalized spacial score (nSPS) is 19.6. The standard InChI is InChI=1S/C11H14N3S/c1-2-4-11-10(3-1)9-13-15(11)14-7-5-12-6-8-14/h1-4,9,12H,5-8H2/q+1. The summed E-state index contributed by atoms with van der Waals surface area (Å²) in [5, 5.41) is 4.66. The topological polar surface area (TPSA) is 28.2 Å². The maximum atomic E-state index is 4.63. The highest BCUT2D eigenvalue weighted by Crippen LogP contribution is 2.29. The highest BCUT2D eigenvalue weighted by Gasteiger charge is 2.25. The van der Waals surface area contributed by atoms with Crippen LogP contribution >= 0.6 is 10.9 Å². The van der Waals surface area contributed by atoms with E-state index in [0.717, 1.165) is 26.2 Å². The molecule has 15 heavy (non-hydrogen) atoms. The first-order valence-electron chi connectivity index (χ1n) is 5.28. The zero-order valence-corrected chi connectivity index (χ0v) is 9.33. The van der Waals surface area contributed by atoms with Crippen LogP contribution in [0.25, 0.3) is 10.1 Å². The number of fused-ring (bicyclic) bond motifs is 1. The molecule has 2 heterocycles. The summed E-state index contributed by atoms with van der Waals surface area (Å²) in [6, 6.07) is 8.53. The van der Waals surface area contributed by atoms with E-state index in [-0.39, 0.29) is 10.9 Å². The zero-order chi connectivity index (χ0) is 10.1. The average Bonchev–Trinajstić information content (AvgIpc) is 2.74. The lowest BCUT2D eigenvalue weighted by Crippen LogP contribution is -2.43. The van der Waals surface area contributed by atoms with Gasteiger partial charge in [0.15, 0.2) is 10.9 Å². The van der Waals surface area contributed by atoms with Crippen LogP contribution in [0.1, 0.15) is 0 Å². The lowest BCUT2D eigenvalue weighted by molar-refractivity contribution is 0.610. The van der Waals surface area contributed by atoms with Gasteiger partial charge in [0.1, 0.15) is 0 Å². The van der Waals surface area contributed by atoms with Crippen molar-refractivity contribution in [2.45, 2.75) is 0 Å². The van der Waals surface area contributed by atoms with E-state index in [2.05, 4.69) is 38.3 Å². The molecule has 1 aliphatic heterocycles. The van der Waals surface area contributed by atoms with Crippen molar-refractivity contribution in [2.75, 3.05) is 30.5 Å². The number of hydrogen-bond donors (Lipinski definition) is 1. The Labute approximate surface area is 92.0 Å². The molecule has 1 aromatic heterocycles. The van der Waals surface area contributed by atoms with Gasteiger partial charge in [0, 0.05) is 19.2 Å². The van der Waals surface area contributed by atoms with Gasteiger partial charge >= 0.3 is 0 Å². The fourth-order valence-corrected chi connectivity index (χ4v) is 3.74. The van der Waals surface area contributed by atoms with Crippen LogP contribution in [0, 0.1) is 0 Å². The predicted molar refractivity (Wildman–Crippen MR) is 65.0 cm³/mol. The minimum atomic E-state index is -0.0259. The highest BCUT2D eigenvalue weighted by atomic mass is 32.2. The third-order valence-electron chi connectivity index (χ3n) is 2.73. The van der Waals surface area contributed by atoms with Crippen molar-refractivity contribution < 1.29 is 0 Å². The number of rotatable bonds is 1. The van der Waals surface area contributed by atoms with Gasteiger partial charge in [-0.25, -0.2) is 0 Å². The van der Waals surface area contributed by atoms with E-state index in [9.17, 15) is 0 Å². The molecular formula is C11H14N3S+. The molecule has 1 unspecified atom stereocenters. The molecule has 3 rings (SSSR count). The lowest BCUT2D eigenvalue weighted by atomic mass is 10.3. The summed E-state index contributed by atoms with van der Waals surface area (Å²) in [6.07, 6.45) is 2.01. The molecule has 0 aliphatic carbocycles. The summed E-state index contributed by atoms with van der Waals surface area (Å²) in [6.45, 7) is 4.38. The van der Waals surface area contributed by atoms with Crippen LogP contribution in [0.15, 0.2) is 30.5 Å². The van der Waals surface area contributed by atoms with Crippen molar-refractivity contribution in [1.29, 1.82) is 0 Å². The third-order valence-corrected chi connectivity index (χ3v) is 4.65. The van der Waals surface area contributed by atoms with Crippen molar-refractivity contribution in [2.24, 2.45) is 0 Å². The second-order valence-corrected chi connectivity index (χ2v) is 5.41. The van der Waals surface area contributed by atoms with Crippen LogP contribution in [0.3, 0.4) is 0 Å². The molecule has 0 bridgehead atoms. The molecule has 1 N–H and O–H groups in total. The van der Waals surface area contributed by atoms with Gasteiger partial charge in [-0.3, -0.25) is 0 Å². The molecule has 78 valence electrons. The molecule has 0 amide bonds. The van der Waals surface area contributed by atoms with E-state index in [0.29, 0.717) is 0 Å². The van der Waals surface area contributed by atoms with Gasteiger partial charge in [-0.15, -0.1) is 0 Å². The van der Waals surface area contributed by atoms with Gasteiger partial charge in [-0.2, -0.15) is 0 Å². The lowest BCUT2D eigenvalue weighted by Gasteiger charge is -2.18. The summed E-state index contributed by atoms with van der Waals surface area (Å²) in [4.78, 5) is 0. The predicted octanol–water partition coefficient (Wildman–Crippen LogP) is 1.53. The Kier molecular flexibility index (Phi) is 2.40. The van der Waals surface area contributed by atoms with Crippen LogP contribution in [-0.4, -0.2) is 30.6 Å². The van der Waals surface area contributed by atoms with Crippen LogP contribution in [0.4, 0.5) is 0 Å². The molecule has 4 heteroatoms. The van der Waals surface area contributed by atoms with E-state index in [1.165, 1.54) is 10.1 Å². The molecular weight excluding hydrogens is 206 g/mol. The van der Waals surface area contributed by atoms with E-state index in [1.54, 1.807) is 0 Å². The number of aromatic nitrogens is 1. The van der Waals surface area contributed by atoms with E-state index in [4.69, 9.17) is 0 Å². The first kappa shape index (κ1) is 9.27. The molecule has 3 nitrogen and oxygen atoms in total. The summed E-state index contributed by atoms with van der Waals surface area (Å²) in [5.74, 6) is 0. The van der Waals surface area contributed by atoms with Crippen molar-refractivity contribution in [1.82, 2.24) is 9.69 Å². The largest absolute Gasteiger partial charge is 0.314 e. The average molecular weight is 220 g/mol. The Bertz CT molecular complexity index is 460. The molecule has 1 fully saturated rings. The van der Waals surface area contributed by atoms with Crippen LogP contribution in [0.5, 0.6) is 0 Å². The van der Waals surface area contributed by atoms with Gasteiger partial charge in [0.25, 0.3) is 0 Å². The highest BCUT2D eigenvalue weighted by molar-refractivity contribution is 7.34. The Morgan fingerprint density at radius 2 is 2.00 bits per heavy atom. The number of piperazine rings is 1. The summed E-state index contributed by atoms with van der Waals surface area (Å²) in [7, 11) is -0.0259. The van der Waals surface area contributed by atoms with Gasteiger partial charge in [0.2, 0.25) is 4.70 Å². The van der Waals surface area contributed by atoms with Gasteiger partial charge in [-0.1, -0.05) is 16.4 Å². The van der Waals surface area contributed by atoms with Crippen molar-refractivity contribution in [3.63, 3.8) is 0 Å². The molecule has 0 saturated carbocycles. The van der Waals surface area contributed by atoms with Gasteiger partial charge < -0.3 is 5.32 Å². The monoisotopic (exact) mass is 220 g/mol. The van der Waals surface area contributed by atoms with Crippen LogP contribution in [-0.2, 0) is 0 Å². The van der Waals surface area contributed by atoms with Crippen LogP contribution in [0.2, 0.25) is 0 Å². The Balaban J connectivity index is 2.02. The first-order valence-corrected chi connectivity index (χ1v) is 6.42. The quantitative estimate of drug-likeness (QED) is 0.739. The number of nitrogens with one attached hydrogen (secondary N) is 1. The van der Waals surface area contributed by atoms with E-state index in [1.807, 2.05) is 6.20 Å². The van der Waals surface area contributed by atoms with Crippen molar-refractivity contribution in [3.8, 4) is 0 Å². The summed E-state index contributed by atoms with van der Waals surface area (Å²) < 4.78 is 8.49. The maximum Gasteiger partial charge on any atom is 0.230 e. The molecule has 0 spiro atoms. The first-order chi connectivity index (χ1) is 7.45. The second-order valence-electron chi connectivity index (χ2n) is 3.72. The fraction of sp³-hybridized carbons (Fsp3) is 0.364. The summed E-state index contributed by atoms with van der Waals surface area (Å²) >= 11 is 0. The fourth-order valence-electron chi connectivity index (χ4n) is 1.94. The number of hydrogen-bond acceptors (Lipinski definition) is 3. The van der Waals surface area contributed by atoms with Gasteiger partial charge in [0.05, 0.1) is 24.7 Å². The minimum absolute atomic E-state index is 0.0259. The number of benzene rings is 1. The molecule has 1 aromatic carbocycles. The SMILES string of the molecule is c1ccc2c(c1)cn[s+]2N1CCNCC1. The minimum Gasteiger partial charge on any atom is -0.314 e. The third kappa shape index (κ3) is 1.65. The zero-order valence-electron chi connectivity index (χ0n) is 8.52. The molecule has 1 saturated heterocycles. The smallest absolute Gasteiger partial charge is 0.230 e. The molecule has 1 atom stereocenters. The Hall–Kier alpha value is -0.970. The van der Waals surface area contributed by atoms with E-state index < -0.39 is 0 Å². The van der Waals surface area contributed by atoms with E-state index >= 15 is 0 Å². The van der Waals surface area contributed by atoms with Crippen molar-refractivity contribution >= 4 is 20.9 Å². The maximum absolute atomic E-state index is 4.63. The summed E-state index contributed by atoms with van der Waals surface area (Å²) in [5.41, 5.74) is 0. The second kappa shape index (κ2) is 3.89. The Morgan fingerprint density at radius 3 is 2.87 bits per heavy atom. The number of nitrogens with zero attached hydrogens (tertiary/aromatic N) is 2. The van der Waals surface area contributed by atoms with Crippen LogP contribution < -0.4 is 9.62 Å². The molecule has 2 aromatic rings. The molecule has 0 radical (unpaired) electrons. The van der Waals surface area contributed by atoms with Crippen molar-refractivity contribution in [3.05, 3.63) is 30.5 Å². The molecule has 1 aliphatic rings.